The van der Waals surface area contributed by atoms with Gasteiger partial charge in [0.25, 0.3) is 11.8 Å². The summed E-state index contributed by atoms with van der Waals surface area (Å²) < 4.78 is 2.27. The molecule has 4 heteroatoms. The summed E-state index contributed by atoms with van der Waals surface area (Å²) in [6.07, 6.45) is 0. The Kier molecular flexibility index (Phi) is 5.07. The van der Waals surface area contributed by atoms with E-state index in [1.165, 1.54) is 4.90 Å². The van der Waals surface area contributed by atoms with E-state index in [0.29, 0.717) is 16.8 Å². The average molecular weight is 507 g/mol. The Labute approximate surface area is 226 Å². The van der Waals surface area contributed by atoms with E-state index in [1.807, 2.05) is 63.2 Å². The number of hydrogen-bond donors (Lipinski definition) is 0. The van der Waals surface area contributed by atoms with E-state index >= 15 is 0 Å². The number of rotatable bonds is 3. The number of carbonyl (C=O) groups is 2. The fourth-order valence-electron chi connectivity index (χ4n) is 6.25. The molecule has 0 bridgehead atoms. The molecule has 5 aromatic carbocycles. The van der Waals surface area contributed by atoms with E-state index in [9.17, 15) is 9.59 Å². The third kappa shape index (κ3) is 3.38. The molecule has 2 heterocycles. The van der Waals surface area contributed by atoms with Gasteiger partial charge >= 0.3 is 0 Å². The molecule has 7 rings (SSSR count). The van der Waals surface area contributed by atoms with Crippen molar-refractivity contribution in [2.45, 2.75) is 20.8 Å². The molecule has 1 aliphatic rings. The summed E-state index contributed by atoms with van der Waals surface area (Å²) in [4.78, 5) is 28.9. The van der Waals surface area contributed by atoms with Crippen LogP contribution in [-0.2, 0) is 0 Å². The molecule has 0 saturated carbocycles. The predicted octanol–water partition coefficient (Wildman–Crippen LogP) is 8.18. The number of aromatic nitrogens is 1. The zero-order valence-electron chi connectivity index (χ0n) is 22.0. The lowest BCUT2D eigenvalue weighted by Gasteiger charge is -2.20. The Morgan fingerprint density at radius 3 is 2.00 bits per heavy atom. The maximum absolute atomic E-state index is 14.0. The molecule has 0 saturated heterocycles. The van der Waals surface area contributed by atoms with Gasteiger partial charge < -0.3 is 4.57 Å². The Hall–Kier alpha value is -4.96. The second kappa shape index (κ2) is 8.53. The van der Waals surface area contributed by atoms with Crippen LogP contribution in [0, 0.1) is 20.8 Å². The van der Waals surface area contributed by atoms with Gasteiger partial charge in [-0.25, -0.2) is 4.90 Å². The maximum Gasteiger partial charge on any atom is 0.266 e. The molecule has 0 fully saturated rings. The number of carbonyl (C=O) groups excluding carboxylic acids is 2. The highest BCUT2D eigenvalue weighted by Crippen LogP contribution is 2.40. The van der Waals surface area contributed by atoms with Crippen molar-refractivity contribution in [2.24, 2.45) is 0 Å². The number of anilines is 1. The quantitative estimate of drug-likeness (QED) is 0.227. The predicted molar refractivity (Wildman–Crippen MR) is 158 cm³/mol. The molecule has 0 N–H and O–H groups in total. The Morgan fingerprint density at radius 1 is 0.564 bits per heavy atom. The first-order valence-electron chi connectivity index (χ1n) is 13.1. The van der Waals surface area contributed by atoms with Crippen molar-refractivity contribution >= 4 is 39.3 Å². The summed E-state index contributed by atoms with van der Waals surface area (Å²) in [6.45, 7) is 5.93. The van der Waals surface area contributed by atoms with Crippen LogP contribution in [0.25, 0.3) is 38.6 Å². The summed E-state index contributed by atoms with van der Waals surface area (Å²) in [5.74, 6) is -0.541. The topological polar surface area (TPSA) is 42.3 Å². The van der Waals surface area contributed by atoms with Gasteiger partial charge in [-0.2, -0.15) is 0 Å². The van der Waals surface area contributed by atoms with Crippen LogP contribution in [0.2, 0.25) is 0 Å². The lowest BCUT2D eigenvalue weighted by atomic mass is 9.95. The number of fused-ring (bicyclic) bond motifs is 4. The molecule has 1 aromatic heterocycles. The third-order valence-corrected chi connectivity index (χ3v) is 7.77. The molecular weight excluding hydrogens is 480 g/mol. The smallest absolute Gasteiger partial charge is 0.266 e. The fourth-order valence-corrected chi connectivity index (χ4v) is 6.25. The van der Waals surface area contributed by atoms with Gasteiger partial charge in [-0.1, -0.05) is 72.3 Å². The Morgan fingerprint density at radius 2 is 1.23 bits per heavy atom. The van der Waals surface area contributed by atoms with Crippen LogP contribution in [0.1, 0.15) is 37.4 Å². The van der Waals surface area contributed by atoms with Crippen LogP contribution in [0.5, 0.6) is 0 Å². The minimum atomic E-state index is -0.271. The van der Waals surface area contributed by atoms with E-state index < -0.39 is 0 Å². The monoisotopic (exact) mass is 506 g/mol. The molecule has 4 nitrogen and oxygen atoms in total. The first-order valence-corrected chi connectivity index (χ1v) is 13.1. The van der Waals surface area contributed by atoms with Crippen molar-refractivity contribution in [3.8, 4) is 16.8 Å². The van der Waals surface area contributed by atoms with E-state index in [1.54, 1.807) is 6.07 Å². The Bertz CT molecular complexity index is 1960. The number of aryl methyl sites for hydroxylation is 3. The van der Waals surface area contributed by atoms with E-state index in [4.69, 9.17) is 0 Å². The summed E-state index contributed by atoms with van der Waals surface area (Å²) in [6, 6.07) is 34.6. The van der Waals surface area contributed by atoms with Crippen molar-refractivity contribution < 1.29 is 9.59 Å². The second-order valence-electron chi connectivity index (χ2n) is 10.3. The molecule has 2 amide bonds. The second-order valence-corrected chi connectivity index (χ2v) is 10.3. The Balaban J connectivity index is 1.42. The summed E-state index contributed by atoms with van der Waals surface area (Å²) >= 11 is 0. The van der Waals surface area contributed by atoms with E-state index in [-0.39, 0.29) is 11.8 Å². The minimum absolute atomic E-state index is 0.270. The molecule has 0 radical (unpaired) electrons. The number of imide groups is 1. The zero-order chi connectivity index (χ0) is 26.8. The van der Waals surface area contributed by atoms with Gasteiger partial charge in [-0.3, -0.25) is 9.59 Å². The highest BCUT2D eigenvalue weighted by molar-refractivity contribution is 6.36. The number of benzene rings is 5. The lowest BCUT2D eigenvalue weighted by Crippen LogP contribution is -2.31. The molecule has 0 unspecified atom stereocenters. The van der Waals surface area contributed by atoms with Gasteiger partial charge in [0, 0.05) is 16.5 Å². The molecule has 0 spiro atoms. The number of nitrogens with zero attached hydrogens (tertiary/aromatic N) is 2. The van der Waals surface area contributed by atoms with Crippen molar-refractivity contribution in [2.75, 3.05) is 4.90 Å². The van der Waals surface area contributed by atoms with Crippen LogP contribution in [-0.4, -0.2) is 16.4 Å². The minimum Gasteiger partial charge on any atom is -0.309 e. The van der Waals surface area contributed by atoms with Crippen LogP contribution in [0.3, 0.4) is 0 Å². The standard InChI is InChI=1S/C35H26N2O2/c1-21-18-22(2)33(23(3)19-21)37-34(38)28-14-9-13-26(32(28)35(37)39)24-16-17-31-29(20-24)27-12-7-8-15-30(27)36(31)25-10-5-4-6-11-25/h4-20H,1-3H3. The molecular formula is C35H26N2O2. The number of amides is 2. The van der Waals surface area contributed by atoms with E-state index in [0.717, 1.165) is 55.3 Å². The average Bonchev–Trinajstić information content (AvgIpc) is 3.40. The van der Waals surface area contributed by atoms with Crippen LogP contribution in [0.4, 0.5) is 5.69 Å². The molecule has 0 aliphatic carbocycles. The first kappa shape index (κ1) is 23.2. The lowest BCUT2D eigenvalue weighted by molar-refractivity contribution is 0.0926. The normalized spacial score (nSPS) is 13.1. The van der Waals surface area contributed by atoms with Gasteiger partial charge in [0.15, 0.2) is 0 Å². The van der Waals surface area contributed by atoms with Crippen LogP contribution >= 0.6 is 0 Å². The molecule has 6 aromatic rings. The molecule has 188 valence electrons. The molecule has 39 heavy (non-hydrogen) atoms. The van der Waals surface area contributed by atoms with Crippen LogP contribution < -0.4 is 4.90 Å². The summed E-state index contributed by atoms with van der Waals surface area (Å²) in [5, 5.41) is 2.24. The number of hydrogen-bond acceptors (Lipinski definition) is 2. The van der Waals surface area contributed by atoms with Crippen molar-refractivity contribution in [1.82, 2.24) is 4.57 Å². The number of para-hydroxylation sites is 2. The zero-order valence-corrected chi connectivity index (χ0v) is 22.0. The first-order chi connectivity index (χ1) is 18.9. The van der Waals surface area contributed by atoms with Gasteiger partial charge in [0.2, 0.25) is 0 Å². The SMILES string of the molecule is Cc1cc(C)c(N2C(=O)c3cccc(-c4ccc5c(c4)c4ccccc4n5-c4ccccc4)c3C2=O)c(C)c1. The van der Waals surface area contributed by atoms with Crippen LogP contribution in [0.15, 0.2) is 103 Å². The van der Waals surface area contributed by atoms with Crippen molar-refractivity contribution in [3.63, 3.8) is 0 Å². The molecule has 1 aliphatic heterocycles. The van der Waals surface area contributed by atoms with Gasteiger partial charge in [-0.05, 0) is 79.4 Å². The largest absolute Gasteiger partial charge is 0.309 e. The van der Waals surface area contributed by atoms with Crippen molar-refractivity contribution in [1.29, 1.82) is 0 Å². The van der Waals surface area contributed by atoms with Crippen molar-refractivity contribution in [3.05, 3.63) is 131 Å². The van der Waals surface area contributed by atoms with Gasteiger partial charge in [0.1, 0.15) is 0 Å². The van der Waals surface area contributed by atoms with E-state index in [2.05, 4.69) is 59.2 Å². The maximum atomic E-state index is 14.0. The molecule has 0 atom stereocenters. The fraction of sp³-hybridized carbons (Fsp3) is 0.0857. The highest BCUT2D eigenvalue weighted by atomic mass is 16.2. The van der Waals surface area contributed by atoms with Gasteiger partial charge in [0.05, 0.1) is 27.8 Å². The highest BCUT2D eigenvalue weighted by Gasteiger charge is 2.40. The summed E-state index contributed by atoms with van der Waals surface area (Å²) in [7, 11) is 0. The third-order valence-electron chi connectivity index (χ3n) is 7.77. The summed E-state index contributed by atoms with van der Waals surface area (Å²) in [5.41, 5.74) is 9.52. The van der Waals surface area contributed by atoms with Gasteiger partial charge in [-0.15, -0.1) is 0 Å².